The molecule has 0 saturated carbocycles. The minimum atomic E-state index is 0. The number of halogens is 1. The number of nitrogens with zero attached hydrogens (tertiary/aromatic N) is 4. The summed E-state index contributed by atoms with van der Waals surface area (Å²) in [6.45, 7) is 7.49. The fourth-order valence-corrected chi connectivity index (χ4v) is 2.97. The summed E-state index contributed by atoms with van der Waals surface area (Å²) < 4.78 is 5.45. The highest BCUT2D eigenvalue weighted by atomic mass is 127. The van der Waals surface area contributed by atoms with Gasteiger partial charge in [0.2, 0.25) is 0 Å². The third-order valence-corrected chi connectivity index (χ3v) is 4.33. The number of hydrogen-bond donors (Lipinski definition) is 2. The van der Waals surface area contributed by atoms with E-state index in [1.54, 1.807) is 0 Å². The van der Waals surface area contributed by atoms with Crippen molar-refractivity contribution in [3.05, 3.63) is 54.0 Å². The molecular formula is C20H29IN6O. The first-order valence-corrected chi connectivity index (χ1v) is 9.55. The van der Waals surface area contributed by atoms with Crippen LogP contribution in [-0.2, 0) is 17.7 Å². The Morgan fingerprint density at radius 2 is 1.93 bits per heavy atom. The standard InChI is InChI=1S/C20H28N6O.HI/c1-2-21-20(24-11-8-18-7-3-4-9-22-18)25-16-17-6-5-10-23-19(17)26-12-14-27-15-13-26;/h3-7,9-10H,2,8,11-16H2,1H3,(H2,21,24,25);1H. The van der Waals surface area contributed by atoms with Crippen molar-refractivity contribution in [3.8, 4) is 0 Å². The van der Waals surface area contributed by atoms with Gasteiger partial charge in [0, 0.05) is 56.3 Å². The monoisotopic (exact) mass is 496 g/mol. The van der Waals surface area contributed by atoms with Crippen LogP contribution in [0.4, 0.5) is 5.82 Å². The number of hydrogen-bond acceptors (Lipinski definition) is 5. The Bertz CT molecular complexity index is 722. The Labute approximate surface area is 184 Å². The highest BCUT2D eigenvalue weighted by Gasteiger charge is 2.15. The molecule has 1 fully saturated rings. The maximum absolute atomic E-state index is 5.45. The van der Waals surface area contributed by atoms with E-state index >= 15 is 0 Å². The van der Waals surface area contributed by atoms with E-state index in [1.165, 1.54) is 0 Å². The molecule has 1 aliphatic heterocycles. The lowest BCUT2D eigenvalue weighted by atomic mass is 10.2. The molecule has 0 bridgehead atoms. The molecule has 152 valence electrons. The van der Waals surface area contributed by atoms with Crippen LogP contribution in [0, 0.1) is 0 Å². The molecule has 0 unspecified atom stereocenters. The van der Waals surface area contributed by atoms with Crippen LogP contribution in [0.2, 0.25) is 0 Å². The Morgan fingerprint density at radius 1 is 1.11 bits per heavy atom. The van der Waals surface area contributed by atoms with E-state index in [9.17, 15) is 0 Å². The van der Waals surface area contributed by atoms with Gasteiger partial charge < -0.3 is 20.3 Å². The van der Waals surface area contributed by atoms with Gasteiger partial charge in [-0.2, -0.15) is 0 Å². The minimum absolute atomic E-state index is 0. The summed E-state index contributed by atoms with van der Waals surface area (Å²) in [6, 6.07) is 10.0. The van der Waals surface area contributed by atoms with E-state index in [4.69, 9.17) is 9.73 Å². The summed E-state index contributed by atoms with van der Waals surface area (Å²) in [4.78, 5) is 16.0. The maximum atomic E-state index is 5.45. The molecule has 0 aromatic carbocycles. The number of aliphatic imine (C=N–C) groups is 1. The summed E-state index contributed by atoms with van der Waals surface area (Å²) in [5.74, 6) is 1.82. The van der Waals surface area contributed by atoms with Crippen molar-refractivity contribution in [2.45, 2.75) is 19.9 Å². The molecule has 0 aliphatic carbocycles. The van der Waals surface area contributed by atoms with Gasteiger partial charge in [-0.05, 0) is 25.1 Å². The summed E-state index contributed by atoms with van der Waals surface area (Å²) >= 11 is 0. The van der Waals surface area contributed by atoms with Crippen molar-refractivity contribution in [2.24, 2.45) is 4.99 Å². The Balaban J connectivity index is 0.00000280. The molecular weight excluding hydrogens is 467 g/mol. The van der Waals surface area contributed by atoms with Gasteiger partial charge in [0.05, 0.1) is 19.8 Å². The number of nitrogens with one attached hydrogen (secondary N) is 2. The minimum Gasteiger partial charge on any atom is -0.378 e. The molecule has 28 heavy (non-hydrogen) atoms. The van der Waals surface area contributed by atoms with E-state index in [1.807, 2.05) is 36.7 Å². The van der Waals surface area contributed by atoms with Gasteiger partial charge >= 0.3 is 0 Å². The summed E-state index contributed by atoms with van der Waals surface area (Å²) in [6.07, 6.45) is 4.52. The highest BCUT2D eigenvalue weighted by Crippen LogP contribution is 2.19. The third kappa shape index (κ3) is 6.90. The van der Waals surface area contributed by atoms with Gasteiger partial charge in [-0.25, -0.2) is 9.98 Å². The van der Waals surface area contributed by atoms with E-state index in [-0.39, 0.29) is 24.0 Å². The van der Waals surface area contributed by atoms with Crippen molar-refractivity contribution in [1.82, 2.24) is 20.6 Å². The van der Waals surface area contributed by atoms with Crippen LogP contribution in [0.15, 0.2) is 47.7 Å². The summed E-state index contributed by atoms with van der Waals surface area (Å²) in [5.41, 5.74) is 2.20. The van der Waals surface area contributed by atoms with Gasteiger partial charge in [-0.15, -0.1) is 24.0 Å². The van der Waals surface area contributed by atoms with Gasteiger partial charge in [-0.3, -0.25) is 4.98 Å². The molecule has 0 atom stereocenters. The van der Waals surface area contributed by atoms with Gasteiger partial charge in [0.15, 0.2) is 5.96 Å². The smallest absolute Gasteiger partial charge is 0.191 e. The van der Waals surface area contributed by atoms with Gasteiger partial charge in [0.25, 0.3) is 0 Å². The van der Waals surface area contributed by atoms with Crippen LogP contribution >= 0.6 is 24.0 Å². The van der Waals surface area contributed by atoms with Crippen molar-refractivity contribution in [2.75, 3.05) is 44.3 Å². The van der Waals surface area contributed by atoms with Crippen molar-refractivity contribution in [1.29, 1.82) is 0 Å². The fraction of sp³-hybridized carbons (Fsp3) is 0.450. The molecule has 7 nitrogen and oxygen atoms in total. The maximum Gasteiger partial charge on any atom is 0.191 e. The van der Waals surface area contributed by atoms with Crippen LogP contribution in [0.3, 0.4) is 0 Å². The average Bonchev–Trinajstić information content (AvgIpc) is 2.74. The molecule has 3 heterocycles. The second kappa shape index (κ2) is 12.5. The second-order valence-electron chi connectivity index (χ2n) is 6.28. The lowest BCUT2D eigenvalue weighted by Gasteiger charge is -2.29. The van der Waals surface area contributed by atoms with Crippen LogP contribution in [0.1, 0.15) is 18.2 Å². The topological polar surface area (TPSA) is 74.7 Å². The SMILES string of the molecule is CCNC(=NCc1cccnc1N1CCOCC1)NCCc1ccccn1.I. The zero-order valence-electron chi connectivity index (χ0n) is 16.3. The third-order valence-electron chi connectivity index (χ3n) is 4.33. The van der Waals surface area contributed by atoms with E-state index in [0.717, 1.165) is 68.8 Å². The van der Waals surface area contributed by atoms with Crippen LogP contribution in [-0.4, -0.2) is 55.3 Å². The molecule has 2 aromatic rings. The van der Waals surface area contributed by atoms with Crippen LogP contribution in [0.25, 0.3) is 0 Å². The first-order chi connectivity index (χ1) is 13.4. The number of rotatable bonds is 7. The van der Waals surface area contributed by atoms with Crippen LogP contribution in [0.5, 0.6) is 0 Å². The Hall–Kier alpha value is -1.94. The number of pyridine rings is 2. The highest BCUT2D eigenvalue weighted by molar-refractivity contribution is 14.0. The molecule has 2 aromatic heterocycles. The lowest BCUT2D eigenvalue weighted by Crippen LogP contribution is -2.38. The molecule has 0 radical (unpaired) electrons. The zero-order chi connectivity index (χ0) is 18.7. The molecule has 0 amide bonds. The Kier molecular flexibility index (Phi) is 9.98. The second-order valence-corrected chi connectivity index (χ2v) is 6.28. The van der Waals surface area contributed by atoms with Crippen molar-refractivity contribution < 1.29 is 4.74 Å². The number of anilines is 1. The number of morpholine rings is 1. The number of guanidine groups is 1. The number of aromatic nitrogens is 2. The summed E-state index contributed by atoms with van der Waals surface area (Å²) in [5, 5.41) is 6.69. The largest absolute Gasteiger partial charge is 0.378 e. The molecule has 1 saturated heterocycles. The normalized spacial score (nSPS) is 14.3. The number of ether oxygens (including phenoxy) is 1. The molecule has 1 aliphatic rings. The van der Waals surface area contributed by atoms with E-state index in [2.05, 4.69) is 38.5 Å². The fourth-order valence-electron chi connectivity index (χ4n) is 2.97. The average molecular weight is 496 g/mol. The van der Waals surface area contributed by atoms with E-state index < -0.39 is 0 Å². The molecule has 3 rings (SSSR count). The quantitative estimate of drug-likeness (QED) is 0.348. The predicted molar refractivity (Wildman–Crippen MR) is 123 cm³/mol. The summed E-state index contributed by atoms with van der Waals surface area (Å²) in [7, 11) is 0. The first kappa shape index (κ1) is 22.4. The van der Waals surface area contributed by atoms with E-state index in [0.29, 0.717) is 6.54 Å². The molecule has 0 spiro atoms. The van der Waals surface area contributed by atoms with Gasteiger partial charge in [-0.1, -0.05) is 12.1 Å². The van der Waals surface area contributed by atoms with Crippen molar-refractivity contribution >= 4 is 35.8 Å². The van der Waals surface area contributed by atoms with Crippen LogP contribution < -0.4 is 15.5 Å². The Morgan fingerprint density at radius 3 is 2.68 bits per heavy atom. The first-order valence-electron chi connectivity index (χ1n) is 9.55. The molecule has 8 heteroatoms. The molecule has 2 N–H and O–H groups in total. The lowest BCUT2D eigenvalue weighted by molar-refractivity contribution is 0.122. The van der Waals surface area contributed by atoms with Crippen molar-refractivity contribution in [3.63, 3.8) is 0 Å². The zero-order valence-corrected chi connectivity index (χ0v) is 18.6. The predicted octanol–water partition coefficient (Wildman–Crippen LogP) is 2.23. The van der Waals surface area contributed by atoms with Gasteiger partial charge in [0.1, 0.15) is 5.82 Å².